The Morgan fingerprint density at radius 2 is 2.17 bits per heavy atom. The molecule has 1 heterocycles. The lowest BCUT2D eigenvalue weighted by molar-refractivity contribution is 0.1000. The van der Waals surface area contributed by atoms with Gasteiger partial charge in [0.1, 0.15) is 5.75 Å². The topological polar surface area (TPSA) is 81.1 Å². The predicted molar refractivity (Wildman–Crippen MR) is 68.2 cm³/mol. The fourth-order valence-corrected chi connectivity index (χ4v) is 1.69. The van der Waals surface area contributed by atoms with Crippen molar-refractivity contribution in [1.82, 2.24) is 9.78 Å². The molecule has 0 saturated heterocycles. The summed E-state index contributed by atoms with van der Waals surface area (Å²) in [6.07, 6.45) is 3.53. The molecule has 3 N–H and O–H groups in total. The van der Waals surface area contributed by atoms with Gasteiger partial charge in [-0.2, -0.15) is 5.10 Å². The number of aromatic hydroxyl groups is 1. The summed E-state index contributed by atoms with van der Waals surface area (Å²) in [7, 11) is 0. The molecule has 1 aromatic carbocycles. The van der Waals surface area contributed by atoms with E-state index in [1.165, 1.54) is 6.07 Å². The van der Waals surface area contributed by atoms with Gasteiger partial charge < -0.3 is 10.8 Å². The average Bonchev–Trinajstić information content (AvgIpc) is 2.78. The Hall–Kier alpha value is -2.30. The number of hydrogen-bond acceptors (Lipinski definition) is 3. The highest BCUT2D eigenvalue weighted by Gasteiger charge is 2.10. The maximum absolute atomic E-state index is 11.0. The normalized spacial score (nSPS) is 10.8. The number of rotatable bonds is 3. The molecule has 1 amide bonds. The first-order chi connectivity index (χ1) is 8.49. The molecule has 0 aliphatic heterocycles. The third-order valence-corrected chi connectivity index (χ3v) is 2.72. The Labute approximate surface area is 105 Å². The summed E-state index contributed by atoms with van der Waals surface area (Å²) < 4.78 is 1.80. The molecule has 0 aliphatic rings. The van der Waals surface area contributed by atoms with Gasteiger partial charge in [-0.05, 0) is 32.0 Å². The Morgan fingerprint density at radius 3 is 2.67 bits per heavy atom. The second-order valence-corrected chi connectivity index (χ2v) is 4.40. The Morgan fingerprint density at radius 1 is 1.44 bits per heavy atom. The fourth-order valence-electron chi connectivity index (χ4n) is 1.69. The summed E-state index contributed by atoms with van der Waals surface area (Å²) >= 11 is 0. The van der Waals surface area contributed by atoms with Crippen LogP contribution in [0.5, 0.6) is 5.75 Å². The SMILES string of the molecule is CC(C)n1cc(-c2ccc(C(N)=O)cc2O)cn1. The van der Waals surface area contributed by atoms with Crippen LogP contribution in [0.1, 0.15) is 30.2 Å². The van der Waals surface area contributed by atoms with Gasteiger partial charge in [0.15, 0.2) is 0 Å². The zero-order chi connectivity index (χ0) is 13.3. The van der Waals surface area contributed by atoms with Crippen LogP contribution in [-0.2, 0) is 0 Å². The summed E-state index contributed by atoms with van der Waals surface area (Å²) in [6.45, 7) is 4.04. The molecule has 5 heteroatoms. The van der Waals surface area contributed by atoms with Crippen molar-refractivity contribution in [1.29, 1.82) is 0 Å². The van der Waals surface area contributed by atoms with E-state index in [1.54, 1.807) is 23.0 Å². The van der Waals surface area contributed by atoms with E-state index < -0.39 is 5.91 Å². The molecule has 0 radical (unpaired) electrons. The number of nitrogens with zero attached hydrogens (tertiary/aromatic N) is 2. The van der Waals surface area contributed by atoms with Crippen LogP contribution in [0, 0.1) is 0 Å². The second-order valence-electron chi connectivity index (χ2n) is 4.40. The van der Waals surface area contributed by atoms with Crippen LogP contribution in [0.3, 0.4) is 0 Å². The zero-order valence-corrected chi connectivity index (χ0v) is 10.3. The van der Waals surface area contributed by atoms with E-state index in [0.29, 0.717) is 5.56 Å². The maximum Gasteiger partial charge on any atom is 0.248 e. The first-order valence-corrected chi connectivity index (χ1v) is 5.66. The van der Waals surface area contributed by atoms with Crippen LogP contribution in [-0.4, -0.2) is 20.8 Å². The lowest BCUT2D eigenvalue weighted by Crippen LogP contribution is -2.10. The molecule has 0 spiro atoms. The quantitative estimate of drug-likeness (QED) is 0.867. The first kappa shape index (κ1) is 12.2. The van der Waals surface area contributed by atoms with E-state index >= 15 is 0 Å². The highest BCUT2D eigenvalue weighted by Crippen LogP contribution is 2.29. The van der Waals surface area contributed by atoms with Crippen LogP contribution in [0.4, 0.5) is 0 Å². The minimum atomic E-state index is -0.560. The number of amides is 1. The maximum atomic E-state index is 11.0. The molecule has 0 fully saturated rings. The van der Waals surface area contributed by atoms with E-state index in [0.717, 1.165) is 5.56 Å². The van der Waals surface area contributed by atoms with Crippen molar-refractivity contribution >= 4 is 5.91 Å². The van der Waals surface area contributed by atoms with Crippen LogP contribution >= 0.6 is 0 Å². The predicted octanol–water partition coefficient (Wildman–Crippen LogP) is 1.94. The third kappa shape index (κ3) is 2.20. The molecule has 2 aromatic rings. The largest absolute Gasteiger partial charge is 0.507 e. The number of benzene rings is 1. The number of phenolic OH excluding ortho intramolecular Hbond substituents is 1. The van der Waals surface area contributed by atoms with Crippen molar-refractivity contribution < 1.29 is 9.90 Å². The number of carbonyl (C=O) groups is 1. The molecule has 18 heavy (non-hydrogen) atoms. The molecular formula is C13H15N3O2. The summed E-state index contributed by atoms with van der Waals surface area (Å²) in [5, 5.41) is 14.1. The van der Waals surface area contributed by atoms with Crippen molar-refractivity contribution in [3.8, 4) is 16.9 Å². The average molecular weight is 245 g/mol. The van der Waals surface area contributed by atoms with Crippen LogP contribution in [0.15, 0.2) is 30.6 Å². The van der Waals surface area contributed by atoms with E-state index in [-0.39, 0.29) is 17.4 Å². The standard InChI is InChI=1S/C13H15N3O2/c1-8(2)16-7-10(6-15-16)11-4-3-9(13(14)18)5-12(11)17/h3-8,17H,1-2H3,(H2,14,18). The van der Waals surface area contributed by atoms with E-state index in [1.807, 2.05) is 20.0 Å². The number of primary amides is 1. The van der Waals surface area contributed by atoms with E-state index in [4.69, 9.17) is 5.73 Å². The molecule has 0 saturated carbocycles. The summed E-state index contributed by atoms with van der Waals surface area (Å²) in [5.41, 5.74) is 6.87. The van der Waals surface area contributed by atoms with Gasteiger partial charge >= 0.3 is 0 Å². The molecule has 0 bridgehead atoms. The van der Waals surface area contributed by atoms with Gasteiger partial charge in [0.25, 0.3) is 0 Å². The van der Waals surface area contributed by atoms with Crippen molar-refractivity contribution in [3.63, 3.8) is 0 Å². The Kier molecular flexibility index (Phi) is 3.06. The van der Waals surface area contributed by atoms with E-state index in [9.17, 15) is 9.90 Å². The molecule has 0 atom stereocenters. The minimum Gasteiger partial charge on any atom is -0.507 e. The van der Waals surface area contributed by atoms with Gasteiger partial charge in [0, 0.05) is 28.9 Å². The molecule has 5 nitrogen and oxygen atoms in total. The lowest BCUT2D eigenvalue weighted by atomic mass is 10.1. The van der Waals surface area contributed by atoms with Crippen molar-refractivity contribution in [2.24, 2.45) is 5.73 Å². The summed E-state index contributed by atoms with van der Waals surface area (Å²) in [4.78, 5) is 11.0. The Bertz CT molecular complexity index is 588. The number of aromatic nitrogens is 2. The first-order valence-electron chi connectivity index (χ1n) is 5.66. The van der Waals surface area contributed by atoms with Gasteiger partial charge in [-0.1, -0.05) is 0 Å². The highest BCUT2D eigenvalue weighted by atomic mass is 16.3. The van der Waals surface area contributed by atoms with Gasteiger partial charge in [-0.3, -0.25) is 9.48 Å². The van der Waals surface area contributed by atoms with Gasteiger partial charge in [0.2, 0.25) is 5.91 Å². The van der Waals surface area contributed by atoms with Gasteiger partial charge in [-0.25, -0.2) is 0 Å². The van der Waals surface area contributed by atoms with Gasteiger partial charge in [-0.15, -0.1) is 0 Å². The Balaban J connectivity index is 2.41. The molecular weight excluding hydrogens is 230 g/mol. The van der Waals surface area contributed by atoms with E-state index in [2.05, 4.69) is 5.10 Å². The van der Waals surface area contributed by atoms with Crippen LogP contribution in [0.2, 0.25) is 0 Å². The molecule has 94 valence electrons. The zero-order valence-electron chi connectivity index (χ0n) is 10.3. The number of carbonyl (C=O) groups excluding carboxylic acids is 1. The number of nitrogens with two attached hydrogens (primary N) is 1. The highest BCUT2D eigenvalue weighted by molar-refractivity contribution is 5.94. The van der Waals surface area contributed by atoms with Crippen LogP contribution in [0.25, 0.3) is 11.1 Å². The van der Waals surface area contributed by atoms with Crippen LogP contribution < -0.4 is 5.73 Å². The minimum absolute atomic E-state index is 0.0228. The molecule has 0 aliphatic carbocycles. The van der Waals surface area contributed by atoms with Crippen molar-refractivity contribution in [3.05, 3.63) is 36.2 Å². The summed E-state index contributed by atoms with van der Waals surface area (Å²) in [5.74, 6) is -0.538. The third-order valence-electron chi connectivity index (χ3n) is 2.72. The molecule has 0 unspecified atom stereocenters. The lowest BCUT2D eigenvalue weighted by Gasteiger charge is -2.05. The smallest absolute Gasteiger partial charge is 0.248 e. The monoisotopic (exact) mass is 245 g/mol. The summed E-state index contributed by atoms with van der Waals surface area (Å²) in [6, 6.07) is 4.87. The molecule has 2 rings (SSSR count). The van der Waals surface area contributed by atoms with Gasteiger partial charge in [0.05, 0.1) is 6.20 Å². The van der Waals surface area contributed by atoms with Crippen molar-refractivity contribution in [2.45, 2.75) is 19.9 Å². The second kappa shape index (κ2) is 4.52. The number of hydrogen-bond donors (Lipinski definition) is 2. The van der Waals surface area contributed by atoms with Crippen molar-refractivity contribution in [2.75, 3.05) is 0 Å². The number of phenols is 1. The fraction of sp³-hybridized carbons (Fsp3) is 0.231. The molecule has 1 aromatic heterocycles.